The number of rotatable bonds is 5. The standard InChI is InChI=1S/C15H15FN4OS/c1-2-14-18-19-15(22)20(14)17-9-10-7-8-13(21-10)11-5-3-4-6-12(11)16/h3-8,17H,2,9H2,1H3,(H,19,22). The van der Waals surface area contributed by atoms with Gasteiger partial charge in [0.1, 0.15) is 17.3 Å². The first-order valence-electron chi connectivity index (χ1n) is 6.93. The van der Waals surface area contributed by atoms with Gasteiger partial charge in [-0.3, -0.25) is 5.10 Å². The van der Waals surface area contributed by atoms with Crippen LogP contribution in [0.2, 0.25) is 0 Å². The van der Waals surface area contributed by atoms with Crippen molar-refractivity contribution in [1.82, 2.24) is 14.9 Å². The molecular formula is C15H15FN4OS. The largest absolute Gasteiger partial charge is 0.459 e. The molecule has 114 valence electrons. The maximum atomic E-state index is 13.7. The molecule has 0 radical (unpaired) electrons. The molecule has 7 heteroatoms. The molecule has 0 atom stereocenters. The van der Waals surface area contributed by atoms with Crippen molar-refractivity contribution >= 4 is 12.2 Å². The average Bonchev–Trinajstić information content (AvgIpc) is 3.12. The Hall–Kier alpha value is -2.41. The lowest BCUT2D eigenvalue weighted by atomic mass is 10.1. The van der Waals surface area contributed by atoms with Gasteiger partial charge in [0.25, 0.3) is 0 Å². The number of aromatic nitrogens is 3. The van der Waals surface area contributed by atoms with Crippen LogP contribution in [0.4, 0.5) is 4.39 Å². The second-order valence-electron chi connectivity index (χ2n) is 4.71. The smallest absolute Gasteiger partial charge is 0.214 e. The number of hydrogen-bond acceptors (Lipinski definition) is 4. The van der Waals surface area contributed by atoms with Crippen LogP contribution in [-0.4, -0.2) is 14.9 Å². The third-order valence-electron chi connectivity index (χ3n) is 3.27. The van der Waals surface area contributed by atoms with Crippen molar-refractivity contribution in [3.8, 4) is 11.3 Å². The van der Waals surface area contributed by atoms with Crippen LogP contribution in [0.1, 0.15) is 18.5 Å². The molecule has 2 aromatic heterocycles. The normalized spacial score (nSPS) is 10.8. The highest BCUT2D eigenvalue weighted by Gasteiger charge is 2.10. The van der Waals surface area contributed by atoms with Gasteiger partial charge in [-0.25, -0.2) is 9.07 Å². The van der Waals surface area contributed by atoms with Gasteiger partial charge >= 0.3 is 0 Å². The quantitative estimate of drug-likeness (QED) is 0.705. The number of halogens is 1. The monoisotopic (exact) mass is 318 g/mol. The Bertz CT molecular complexity index is 836. The predicted octanol–water partition coefficient (Wildman–Crippen LogP) is 3.65. The van der Waals surface area contributed by atoms with E-state index < -0.39 is 0 Å². The van der Waals surface area contributed by atoms with E-state index in [-0.39, 0.29) is 5.82 Å². The Balaban J connectivity index is 1.77. The summed E-state index contributed by atoms with van der Waals surface area (Å²) in [4.78, 5) is 0. The SMILES string of the molecule is CCc1n[nH]c(=S)n1NCc1ccc(-c2ccccc2F)o1. The number of nitrogens with one attached hydrogen (secondary N) is 2. The van der Waals surface area contributed by atoms with Gasteiger partial charge in [0.2, 0.25) is 4.77 Å². The van der Waals surface area contributed by atoms with Crippen LogP contribution >= 0.6 is 12.2 Å². The van der Waals surface area contributed by atoms with Gasteiger partial charge in [0, 0.05) is 6.42 Å². The molecule has 3 aromatic rings. The third-order valence-corrected chi connectivity index (χ3v) is 3.54. The second kappa shape index (κ2) is 6.15. The molecule has 0 spiro atoms. The highest BCUT2D eigenvalue weighted by atomic mass is 32.1. The first-order chi connectivity index (χ1) is 10.7. The number of hydrogen-bond donors (Lipinski definition) is 2. The second-order valence-corrected chi connectivity index (χ2v) is 5.10. The van der Waals surface area contributed by atoms with Gasteiger partial charge in [-0.2, -0.15) is 5.10 Å². The van der Waals surface area contributed by atoms with E-state index in [4.69, 9.17) is 16.6 Å². The Morgan fingerprint density at radius 2 is 2.14 bits per heavy atom. The summed E-state index contributed by atoms with van der Waals surface area (Å²) in [6.07, 6.45) is 0.749. The molecule has 0 amide bonds. The minimum atomic E-state index is -0.304. The van der Waals surface area contributed by atoms with Gasteiger partial charge in [0.15, 0.2) is 5.82 Å². The molecule has 0 saturated carbocycles. The zero-order valence-corrected chi connectivity index (χ0v) is 12.8. The first-order valence-corrected chi connectivity index (χ1v) is 7.33. The van der Waals surface area contributed by atoms with Gasteiger partial charge in [0.05, 0.1) is 12.1 Å². The summed E-state index contributed by atoms with van der Waals surface area (Å²) >= 11 is 5.16. The molecule has 2 N–H and O–H groups in total. The summed E-state index contributed by atoms with van der Waals surface area (Å²) < 4.78 is 21.6. The van der Waals surface area contributed by atoms with Crippen LogP contribution in [0.5, 0.6) is 0 Å². The molecule has 0 aliphatic rings. The molecule has 3 rings (SSSR count). The summed E-state index contributed by atoms with van der Waals surface area (Å²) in [5, 5.41) is 6.85. The van der Waals surface area contributed by atoms with Gasteiger partial charge < -0.3 is 9.84 Å². The number of aryl methyl sites for hydroxylation is 1. The lowest BCUT2D eigenvalue weighted by molar-refractivity contribution is 0.516. The van der Waals surface area contributed by atoms with Gasteiger partial charge in [-0.15, -0.1) is 0 Å². The molecule has 2 heterocycles. The van der Waals surface area contributed by atoms with E-state index in [2.05, 4.69) is 15.6 Å². The molecule has 0 aliphatic heterocycles. The molecule has 5 nitrogen and oxygen atoms in total. The Morgan fingerprint density at radius 3 is 2.91 bits per heavy atom. The zero-order valence-electron chi connectivity index (χ0n) is 12.0. The molecule has 0 aliphatic carbocycles. The number of aromatic amines is 1. The zero-order chi connectivity index (χ0) is 15.5. The molecule has 0 fully saturated rings. The maximum absolute atomic E-state index is 13.7. The third kappa shape index (κ3) is 2.80. The van der Waals surface area contributed by atoms with E-state index in [1.807, 2.05) is 13.0 Å². The van der Waals surface area contributed by atoms with Crippen molar-refractivity contribution in [3.05, 3.63) is 58.6 Å². The highest BCUT2D eigenvalue weighted by Crippen LogP contribution is 2.24. The molecule has 0 unspecified atom stereocenters. The number of benzene rings is 1. The van der Waals surface area contributed by atoms with E-state index in [0.717, 1.165) is 12.2 Å². The summed E-state index contributed by atoms with van der Waals surface area (Å²) in [7, 11) is 0. The maximum Gasteiger partial charge on any atom is 0.214 e. The van der Waals surface area contributed by atoms with Crippen molar-refractivity contribution in [1.29, 1.82) is 0 Å². The summed E-state index contributed by atoms with van der Waals surface area (Å²) in [5.74, 6) is 1.69. The molecule has 0 saturated heterocycles. The average molecular weight is 318 g/mol. The molecular weight excluding hydrogens is 303 g/mol. The van der Waals surface area contributed by atoms with Crippen LogP contribution < -0.4 is 5.43 Å². The van der Waals surface area contributed by atoms with E-state index in [1.165, 1.54) is 6.07 Å². The van der Waals surface area contributed by atoms with Crippen LogP contribution in [-0.2, 0) is 13.0 Å². The summed E-state index contributed by atoms with van der Waals surface area (Å²) in [5.41, 5.74) is 3.59. The van der Waals surface area contributed by atoms with Crippen molar-refractivity contribution < 1.29 is 8.81 Å². The van der Waals surface area contributed by atoms with Crippen LogP contribution in [0.15, 0.2) is 40.8 Å². The van der Waals surface area contributed by atoms with Gasteiger partial charge in [-0.1, -0.05) is 19.1 Å². The Morgan fingerprint density at radius 1 is 1.32 bits per heavy atom. The summed E-state index contributed by atoms with van der Waals surface area (Å²) in [6, 6.07) is 10.1. The Kier molecular flexibility index (Phi) is 4.06. The number of H-pyrrole nitrogens is 1. The fourth-order valence-corrected chi connectivity index (χ4v) is 2.38. The van der Waals surface area contributed by atoms with Gasteiger partial charge in [-0.05, 0) is 36.5 Å². The van der Waals surface area contributed by atoms with E-state index in [9.17, 15) is 4.39 Å². The van der Waals surface area contributed by atoms with Crippen molar-refractivity contribution in [2.24, 2.45) is 0 Å². The fraction of sp³-hybridized carbons (Fsp3) is 0.200. The van der Waals surface area contributed by atoms with E-state index in [1.54, 1.807) is 28.9 Å². The Labute approximate surface area is 131 Å². The van der Waals surface area contributed by atoms with Crippen LogP contribution in [0.3, 0.4) is 0 Å². The highest BCUT2D eigenvalue weighted by molar-refractivity contribution is 7.71. The predicted molar refractivity (Wildman–Crippen MR) is 84.0 cm³/mol. The van der Waals surface area contributed by atoms with Crippen molar-refractivity contribution in [3.63, 3.8) is 0 Å². The van der Waals surface area contributed by atoms with E-state index in [0.29, 0.717) is 28.4 Å². The first kappa shape index (κ1) is 14.5. The topological polar surface area (TPSA) is 58.8 Å². The van der Waals surface area contributed by atoms with Crippen LogP contribution in [0.25, 0.3) is 11.3 Å². The fourth-order valence-electron chi connectivity index (χ4n) is 2.17. The summed E-state index contributed by atoms with van der Waals surface area (Å²) in [6.45, 7) is 2.42. The molecule has 22 heavy (non-hydrogen) atoms. The minimum absolute atomic E-state index is 0.304. The molecule has 1 aromatic carbocycles. The van der Waals surface area contributed by atoms with Crippen LogP contribution in [0, 0.1) is 10.6 Å². The van der Waals surface area contributed by atoms with Crippen molar-refractivity contribution in [2.45, 2.75) is 19.9 Å². The lowest BCUT2D eigenvalue weighted by Crippen LogP contribution is -2.16. The number of furan rings is 1. The van der Waals surface area contributed by atoms with E-state index >= 15 is 0 Å². The number of nitrogens with zero attached hydrogens (tertiary/aromatic N) is 2. The molecule has 0 bridgehead atoms. The van der Waals surface area contributed by atoms with Crippen molar-refractivity contribution in [2.75, 3.05) is 5.43 Å². The minimum Gasteiger partial charge on any atom is -0.459 e. The lowest BCUT2D eigenvalue weighted by Gasteiger charge is -2.07.